The summed E-state index contributed by atoms with van der Waals surface area (Å²) in [5.41, 5.74) is 0. The van der Waals surface area contributed by atoms with E-state index in [1.165, 1.54) is 141 Å². The van der Waals surface area contributed by atoms with Gasteiger partial charge in [0.05, 0.1) is 26.4 Å². The molecule has 0 aliphatic carbocycles. The van der Waals surface area contributed by atoms with Crippen LogP contribution >= 0.6 is 15.6 Å². The molecule has 0 aromatic heterocycles. The van der Waals surface area contributed by atoms with Gasteiger partial charge in [0.1, 0.15) is 19.3 Å². The largest absolute Gasteiger partial charge is 0.472 e. The zero-order valence-corrected chi connectivity index (χ0v) is 55.8. The predicted molar refractivity (Wildman–Crippen MR) is 335 cm³/mol. The first kappa shape index (κ1) is 82.1. The van der Waals surface area contributed by atoms with Crippen LogP contribution in [0.25, 0.3) is 0 Å². The third-order valence-corrected chi connectivity index (χ3v) is 16.9. The first-order chi connectivity index (χ1) is 40.5. The van der Waals surface area contributed by atoms with E-state index < -0.39 is 97.5 Å². The van der Waals surface area contributed by atoms with Gasteiger partial charge in [0.15, 0.2) is 12.2 Å². The zero-order chi connectivity index (χ0) is 62.0. The minimum atomic E-state index is -4.94. The number of phosphoric ester groups is 2. The van der Waals surface area contributed by atoms with Crippen molar-refractivity contribution in [3.8, 4) is 0 Å². The van der Waals surface area contributed by atoms with Crippen molar-refractivity contribution in [2.24, 2.45) is 5.92 Å². The highest BCUT2D eigenvalue weighted by Crippen LogP contribution is 2.45. The third kappa shape index (κ3) is 59.0. The quantitative estimate of drug-likeness (QED) is 0.0222. The highest BCUT2D eigenvalue weighted by molar-refractivity contribution is 7.47. The summed E-state index contributed by atoms with van der Waals surface area (Å²) < 4.78 is 67.9. The lowest BCUT2D eigenvalue weighted by molar-refractivity contribution is -0.161. The van der Waals surface area contributed by atoms with Gasteiger partial charge < -0.3 is 33.8 Å². The number of hydrogen-bond donors (Lipinski definition) is 3. The van der Waals surface area contributed by atoms with Crippen molar-refractivity contribution < 1.29 is 80.2 Å². The molecule has 0 rings (SSSR count). The molecule has 19 heteroatoms. The van der Waals surface area contributed by atoms with E-state index in [1.54, 1.807) is 0 Å². The maximum atomic E-state index is 13.0. The predicted octanol–water partition coefficient (Wildman–Crippen LogP) is 18.2. The molecule has 0 bridgehead atoms. The Bertz CT molecular complexity index is 1640. The van der Waals surface area contributed by atoms with Crippen molar-refractivity contribution >= 4 is 39.5 Å². The van der Waals surface area contributed by atoms with Gasteiger partial charge >= 0.3 is 39.5 Å². The second-order valence-electron chi connectivity index (χ2n) is 24.0. The zero-order valence-electron chi connectivity index (χ0n) is 54.0. The van der Waals surface area contributed by atoms with Crippen LogP contribution in [0.4, 0.5) is 0 Å². The van der Waals surface area contributed by atoms with E-state index >= 15 is 0 Å². The van der Waals surface area contributed by atoms with Gasteiger partial charge in [-0.1, -0.05) is 279 Å². The number of carbonyl (C=O) groups is 4. The lowest BCUT2D eigenvalue weighted by atomic mass is 10.0. The fourth-order valence-corrected chi connectivity index (χ4v) is 11.3. The molecular weight excluding hydrogens is 1110 g/mol. The van der Waals surface area contributed by atoms with E-state index in [0.29, 0.717) is 25.7 Å². The average molecular weight is 1240 g/mol. The Balaban J connectivity index is 5.20. The molecule has 2 unspecified atom stereocenters. The van der Waals surface area contributed by atoms with Crippen LogP contribution in [-0.2, 0) is 65.4 Å². The molecule has 0 aliphatic rings. The molecule has 498 valence electrons. The second-order valence-corrected chi connectivity index (χ2v) is 26.9. The number of aliphatic hydroxyl groups excluding tert-OH is 1. The van der Waals surface area contributed by atoms with Crippen LogP contribution in [0.5, 0.6) is 0 Å². The number of ether oxygens (including phenoxy) is 4. The Morgan fingerprint density at radius 1 is 0.321 bits per heavy atom. The molecule has 3 N–H and O–H groups in total. The summed E-state index contributed by atoms with van der Waals surface area (Å²) in [5, 5.41) is 10.5. The molecule has 0 heterocycles. The van der Waals surface area contributed by atoms with Crippen molar-refractivity contribution in [3.05, 3.63) is 0 Å². The SMILES string of the molecule is CCCCCCCCCCCCCCCCCC(=O)O[C@H](COC(=O)CCCCCCCCCCCCC(C)C)COP(=O)(O)OC[C@@H](O)COP(=O)(O)OC[C@@H](COC(=O)CCCCCCCCCC)OC(=O)CCCCCCCCCC. The van der Waals surface area contributed by atoms with E-state index in [0.717, 1.165) is 109 Å². The molecule has 0 saturated carbocycles. The van der Waals surface area contributed by atoms with Crippen molar-refractivity contribution in [3.63, 3.8) is 0 Å². The third-order valence-electron chi connectivity index (χ3n) is 15.0. The van der Waals surface area contributed by atoms with Gasteiger partial charge in [-0.25, -0.2) is 9.13 Å². The summed E-state index contributed by atoms with van der Waals surface area (Å²) in [7, 11) is -9.88. The molecule has 0 aromatic carbocycles. The molecule has 0 aromatic rings. The van der Waals surface area contributed by atoms with E-state index in [2.05, 4.69) is 34.6 Å². The maximum absolute atomic E-state index is 13.0. The molecule has 0 amide bonds. The number of rotatable bonds is 65. The van der Waals surface area contributed by atoms with Crippen LogP contribution in [0.1, 0.15) is 330 Å². The van der Waals surface area contributed by atoms with Gasteiger partial charge in [-0.05, 0) is 31.6 Å². The number of aliphatic hydroxyl groups is 1. The summed E-state index contributed by atoms with van der Waals surface area (Å²) in [4.78, 5) is 72.1. The molecule has 17 nitrogen and oxygen atoms in total. The number of phosphoric acid groups is 2. The summed E-state index contributed by atoms with van der Waals surface area (Å²) in [6.07, 6.45) is 43.1. The Labute approximate surface area is 511 Å². The van der Waals surface area contributed by atoms with Crippen molar-refractivity contribution in [1.29, 1.82) is 0 Å². The number of unbranched alkanes of at least 4 members (excludes halogenated alkanes) is 37. The van der Waals surface area contributed by atoms with Gasteiger partial charge in [-0.2, -0.15) is 0 Å². The van der Waals surface area contributed by atoms with Gasteiger partial charge in [0.25, 0.3) is 0 Å². The van der Waals surface area contributed by atoms with Crippen LogP contribution in [0.3, 0.4) is 0 Å². The fourth-order valence-electron chi connectivity index (χ4n) is 9.76. The molecule has 84 heavy (non-hydrogen) atoms. The van der Waals surface area contributed by atoms with Crippen LogP contribution in [0, 0.1) is 5.92 Å². The van der Waals surface area contributed by atoms with Gasteiger partial charge in [0, 0.05) is 25.7 Å². The molecule has 5 atom stereocenters. The fraction of sp³-hybridized carbons (Fsp3) is 0.938. The first-order valence-corrected chi connectivity index (χ1v) is 37.1. The Kier molecular flexibility index (Phi) is 57.4. The summed E-state index contributed by atoms with van der Waals surface area (Å²) >= 11 is 0. The number of esters is 4. The molecule has 0 saturated heterocycles. The Morgan fingerprint density at radius 3 is 0.810 bits per heavy atom. The molecule has 0 fully saturated rings. The molecule has 0 aliphatic heterocycles. The first-order valence-electron chi connectivity index (χ1n) is 34.1. The van der Waals surface area contributed by atoms with Crippen molar-refractivity contribution in [2.45, 2.75) is 348 Å². The van der Waals surface area contributed by atoms with Gasteiger partial charge in [-0.3, -0.25) is 37.3 Å². The van der Waals surface area contributed by atoms with E-state index in [9.17, 15) is 43.2 Å². The van der Waals surface area contributed by atoms with Crippen LogP contribution < -0.4 is 0 Å². The topological polar surface area (TPSA) is 237 Å². The van der Waals surface area contributed by atoms with E-state index in [4.69, 9.17) is 37.0 Å². The highest BCUT2D eigenvalue weighted by Gasteiger charge is 2.30. The van der Waals surface area contributed by atoms with Crippen LogP contribution in [0.2, 0.25) is 0 Å². The lowest BCUT2D eigenvalue weighted by Gasteiger charge is -2.21. The lowest BCUT2D eigenvalue weighted by Crippen LogP contribution is -2.30. The smallest absolute Gasteiger partial charge is 0.462 e. The van der Waals surface area contributed by atoms with Crippen molar-refractivity contribution in [1.82, 2.24) is 0 Å². The molecule has 0 radical (unpaired) electrons. The summed E-state index contributed by atoms with van der Waals surface area (Å²) in [5.74, 6) is -1.38. The second kappa shape index (κ2) is 58.7. The van der Waals surface area contributed by atoms with E-state index in [-0.39, 0.29) is 25.7 Å². The number of carbonyl (C=O) groups excluding carboxylic acids is 4. The summed E-state index contributed by atoms with van der Waals surface area (Å²) in [6.45, 7) is 7.15. The van der Waals surface area contributed by atoms with Crippen LogP contribution in [-0.4, -0.2) is 96.7 Å². The molecular formula is C65H126O17P2. The minimum absolute atomic E-state index is 0.105. The van der Waals surface area contributed by atoms with Gasteiger partial charge in [0.2, 0.25) is 0 Å². The standard InChI is InChI=1S/C65H126O17P2/c1-6-9-12-15-18-21-22-23-24-25-26-31-36-41-46-51-65(70)82-61(55-76-63(68)49-44-39-35-30-28-27-29-32-37-42-47-58(4)5)57-80-84(73,74)78-53-59(66)52-77-83(71,72)79-56-60(81-64(69)50-45-40-34-20-17-14-11-8-3)54-75-62(67)48-43-38-33-19-16-13-10-7-2/h58-61,66H,6-57H2,1-5H3,(H,71,72)(H,73,74)/t59-,60+,61+/m0/s1. The van der Waals surface area contributed by atoms with Crippen LogP contribution in [0.15, 0.2) is 0 Å². The minimum Gasteiger partial charge on any atom is -0.462 e. The van der Waals surface area contributed by atoms with Crippen molar-refractivity contribution in [2.75, 3.05) is 39.6 Å². The Hall–Kier alpha value is -1.94. The number of hydrogen-bond acceptors (Lipinski definition) is 15. The molecule has 0 spiro atoms. The Morgan fingerprint density at radius 2 is 0.548 bits per heavy atom. The summed E-state index contributed by atoms with van der Waals surface area (Å²) in [6, 6.07) is 0. The monoisotopic (exact) mass is 1240 g/mol. The van der Waals surface area contributed by atoms with E-state index in [1.807, 2.05) is 0 Å². The average Bonchev–Trinajstić information content (AvgIpc) is 3.52. The normalized spacial score (nSPS) is 14.2. The van der Waals surface area contributed by atoms with Gasteiger partial charge in [-0.15, -0.1) is 0 Å². The highest BCUT2D eigenvalue weighted by atomic mass is 31.2. The maximum Gasteiger partial charge on any atom is 0.472 e.